The Balaban J connectivity index is 2.63. The van der Waals surface area contributed by atoms with Crippen LogP contribution in [0.3, 0.4) is 0 Å². The molecule has 0 aromatic rings. The van der Waals surface area contributed by atoms with Crippen LogP contribution >= 0.6 is 0 Å². The van der Waals surface area contributed by atoms with Crippen molar-refractivity contribution >= 4 is 11.9 Å². The first-order chi connectivity index (χ1) is 8.45. The summed E-state index contributed by atoms with van der Waals surface area (Å²) in [5, 5.41) is 15.3. The third-order valence-corrected chi connectivity index (χ3v) is 3.80. The van der Waals surface area contributed by atoms with Crippen molar-refractivity contribution in [1.82, 2.24) is 10.6 Å². The zero-order valence-corrected chi connectivity index (χ0v) is 11.0. The van der Waals surface area contributed by atoms with Crippen LogP contribution in [0.25, 0.3) is 0 Å². The Hall–Kier alpha value is -1.14. The van der Waals surface area contributed by atoms with Gasteiger partial charge in [0, 0.05) is 0 Å². The highest BCUT2D eigenvalue weighted by molar-refractivity contribution is 5.80. The van der Waals surface area contributed by atoms with Crippen LogP contribution in [0.4, 0.5) is 0 Å². The number of carbonyl (C=O) groups excluding carboxylic acids is 1. The number of carboxylic acid groups (broad SMARTS) is 1. The maximum absolute atomic E-state index is 11.4. The molecule has 1 aliphatic carbocycles. The van der Waals surface area contributed by atoms with E-state index in [-0.39, 0.29) is 17.9 Å². The van der Waals surface area contributed by atoms with Crippen molar-refractivity contribution in [3.05, 3.63) is 0 Å². The monoisotopic (exact) mass is 257 g/mol. The molecule has 0 heterocycles. The second-order valence-corrected chi connectivity index (χ2v) is 5.01. The van der Waals surface area contributed by atoms with Gasteiger partial charge in [0.25, 0.3) is 0 Å². The molecular formula is C12H23N3O3. The number of nitrogens with one attached hydrogen (secondary N) is 2. The number of aliphatic carboxylic acids is 1. The topological polar surface area (TPSA) is 104 Å². The summed E-state index contributed by atoms with van der Waals surface area (Å²) >= 11 is 0. The Kier molecular flexibility index (Phi) is 5.10. The van der Waals surface area contributed by atoms with Crippen molar-refractivity contribution in [2.75, 3.05) is 13.6 Å². The summed E-state index contributed by atoms with van der Waals surface area (Å²) in [6.07, 6.45) is 2.58. The van der Waals surface area contributed by atoms with E-state index in [9.17, 15) is 14.7 Å². The fourth-order valence-electron chi connectivity index (χ4n) is 2.83. The number of primary amides is 1. The fourth-order valence-corrected chi connectivity index (χ4v) is 2.83. The molecule has 3 unspecified atom stereocenters. The molecule has 6 heteroatoms. The molecule has 0 aromatic heterocycles. The lowest BCUT2D eigenvalue weighted by Gasteiger charge is -2.26. The molecule has 0 radical (unpaired) electrons. The van der Waals surface area contributed by atoms with Gasteiger partial charge < -0.3 is 21.5 Å². The molecule has 1 rings (SSSR count). The van der Waals surface area contributed by atoms with Gasteiger partial charge in [-0.3, -0.25) is 9.59 Å². The van der Waals surface area contributed by atoms with Crippen LogP contribution in [0.2, 0.25) is 0 Å². The van der Waals surface area contributed by atoms with E-state index in [1.165, 1.54) is 0 Å². The van der Waals surface area contributed by atoms with Gasteiger partial charge in [-0.15, -0.1) is 0 Å². The van der Waals surface area contributed by atoms with Crippen LogP contribution in [-0.4, -0.2) is 42.2 Å². The number of likely N-dealkylation sites (N-methyl/N-ethyl adjacent to an activating group) is 2. The number of hydrogen-bond acceptors (Lipinski definition) is 4. The Morgan fingerprint density at radius 1 is 1.56 bits per heavy atom. The van der Waals surface area contributed by atoms with E-state index in [1.54, 1.807) is 7.05 Å². The number of hydrogen-bond donors (Lipinski definition) is 4. The predicted molar refractivity (Wildman–Crippen MR) is 68.0 cm³/mol. The summed E-state index contributed by atoms with van der Waals surface area (Å²) in [6, 6.07) is -0.374. The molecule has 3 atom stereocenters. The van der Waals surface area contributed by atoms with Gasteiger partial charge in [-0.25, -0.2) is 0 Å². The van der Waals surface area contributed by atoms with Gasteiger partial charge in [0.1, 0.15) is 5.54 Å². The second-order valence-electron chi connectivity index (χ2n) is 5.01. The number of amides is 1. The minimum atomic E-state index is -0.824. The third-order valence-electron chi connectivity index (χ3n) is 3.80. The van der Waals surface area contributed by atoms with Gasteiger partial charge >= 0.3 is 5.97 Å². The van der Waals surface area contributed by atoms with Crippen molar-refractivity contribution in [2.45, 2.75) is 44.2 Å². The number of nitrogens with two attached hydrogens (primary N) is 1. The molecule has 5 N–H and O–H groups in total. The lowest BCUT2D eigenvalue weighted by Crippen LogP contribution is -2.50. The van der Waals surface area contributed by atoms with Crippen LogP contribution in [0.15, 0.2) is 0 Å². The van der Waals surface area contributed by atoms with Crippen molar-refractivity contribution in [2.24, 2.45) is 11.7 Å². The van der Waals surface area contributed by atoms with Crippen molar-refractivity contribution in [3.63, 3.8) is 0 Å². The zero-order chi connectivity index (χ0) is 13.8. The number of carbonyl (C=O) groups is 2. The summed E-state index contributed by atoms with van der Waals surface area (Å²) in [5.41, 5.74) is 4.45. The summed E-state index contributed by atoms with van der Waals surface area (Å²) in [6.45, 7) is 2.53. The van der Waals surface area contributed by atoms with Gasteiger partial charge in [-0.05, 0) is 45.2 Å². The van der Waals surface area contributed by atoms with Crippen LogP contribution in [0, 0.1) is 5.92 Å². The van der Waals surface area contributed by atoms with E-state index in [1.807, 2.05) is 6.92 Å². The lowest BCUT2D eigenvalue weighted by atomic mass is 9.92. The van der Waals surface area contributed by atoms with Crippen molar-refractivity contribution in [3.8, 4) is 0 Å². The van der Waals surface area contributed by atoms with Gasteiger partial charge in [0.15, 0.2) is 0 Å². The molecule has 0 spiro atoms. The van der Waals surface area contributed by atoms with E-state index in [2.05, 4.69) is 10.6 Å². The first kappa shape index (κ1) is 14.9. The average molecular weight is 257 g/mol. The molecule has 0 saturated heterocycles. The van der Waals surface area contributed by atoms with Gasteiger partial charge in [-0.1, -0.05) is 6.92 Å². The zero-order valence-electron chi connectivity index (χ0n) is 11.0. The van der Waals surface area contributed by atoms with Crippen LogP contribution < -0.4 is 16.4 Å². The van der Waals surface area contributed by atoms with Crippen LogP contribution in [0.5, 0.6) is 0 Å². The average Bonchev–Trinajstić information content (AvgIpc) is 2.71. The maximum atomic E-state index is 11.4. The highest BCUT2D eigenvalue weighted by Crippen LogP contribution is 2.37. The molecule has 104 valence electrons. The SMILES string of the molecule is CCNC1(C(=O)O)CCC(CC(NC)C(N)=O)C1. The fraction of sp³-hybridized carbons (Fsp3) is 0.833. The number of carboxylic acids is 1. The minimum Gasteiger partial charge on any atom is -0.480 e. The third kappa shape index (κ3) is 3.20. The lowest BCUT2D eigenvalue weighted by molar-refractivity contribution is -0.144. The normalized spacial score (nSPS) is 29.1. The van der Waals surface area contributed by atoms with Gasteiger partial charge in [0.2, 0.25) is 5.91 Å². The molecule has 1 fully saturated rings. The molecule has 0 bridgehead atoms. The standard InChI is InChI=1S/C12H23N3O3/c1-3-15-12(11(17)18)5-4-8(7-12)6-9(14-2)10(13)16/h8-9,14-15H,3-7H2,1-2H3,(H2,13,16)(H,17,18). The summed E-state index contributed by atoms with van der Waals surface area (Å²) in [7, 11) is 1.69. The summed E-state index contributed by atoms with van der Waals surface area (Å²) in [5.74, 6) is -0.967. The molecule has 18 heavy (non-hydrogen) atoms. The highest BCUT2D eigenvalue weighted by atomic mass is 16.4. The molecule has 1 aliphatic rings. The Morgan fingerprint density at radius 3 is 2.67 bits per heavy atom. The van der Waals surface area contributed by atoms with Crippen molar-refractivity contribution in [1.29, 1.82) is 0 Å². The minimum absolute atomic E-state index is 0.213. The molecule has 0 aromatic carbocycles. The van der Waals surface area contributed by atoms with E-state index in [4.69, 9.17) is 5.73 Å². The molecular weight excluding hydrogens is 234 g/mol. The Labute approximate surface area is 107 Å². The quantitative estimate of drug-likeness (QED) is 0.500. The molecule has 1 saturated carbocycles. The first-order valence-electron chi connectivity index (χ1n) is 6.40. The number of rotatable bonds is 7. The van der Waals surface area contributed by atoms with E-state index in [0.29, 0.717) is 25.8 Å². The first-order valence-corrected chi connectivity index (χ1v) is 6.40. The van der Waals surface area contributed by atoms with Gasteiger partial charge in [0.05, 0.1) is 6.04 Å². The summed E-state index contributed by atoms with van der Waals surface area (Å²) < 4.78 is 0. The molecule has 1 amide bonds. The highest BCUT2D eigenvalue weighted by Gasteiger charge is 2.45. The molecule has 6 nitrogen and oxygen atoms in total. The Morgan fingerprint density at radius 2 is 2.22 bits per heavy atom. The molecule has 0 aliphatic heterocycles. The largest absolute Gasteiger partial charge is 0.480 e. The summed E-state index contributed by atoms with van der Waals surface area (Å²) in [4.78, 5) is 22.5. The van der Waals surface area contributed by atoms with Crippen molar-refractivity contribution < 1.29 is 14.7 Å². The van der Waals surface area contributed by atoms with E-state index in [0.717, 1.165) is 6.42 Å². The Bertz CT molecular complexity index is 322. The van der Waals surface area contributed by atoms with Gasteiger partial charge in [-0.2, -0.15) is 0 Å². The van der Waals surface area contributed by atoms with E-state index >= 15 is 0 Å². The van der Waals surface area contributed by atoms with Crippen LogP contribution in [-0.2, 0) is 9.59 Å². The van der Waals surface area contributed by atoms with E-state index < -0.39 is 11.5 Å². The predicted octanol–water partition coefficient (Wildman–Crippen LogP) is -0.317. The second kappa shape index (κ2) is 6.15. The smallest absolute Gasteiger partial charge is 0.323 e. The maximum Gasteiger partial charge on any atom is 0.323 e. The van der Waals surface area contributed by atoms with Crippen LogP contribution in [0.1, 0.15) is 32.6 Å².